The molecule has 0 fully saturated rings. The molecule has 9 nitrogen and oxygen atoms in total. The van der Waals surface area contributed by atoms with Crippen LogP contribution in [-0.4, -0.2) is 45.4 Å². The summed E-state index contributed by atoms with van der Waals surface area (Å²) >= 11 is 0. The Balaban J connectivity index is 1.51. The number of nitrogens with one attached hydrogen (secondary N) is 2. The van der Waals surface area contributed by atoms with Gasteiger partial charge in [0.2, 0.25) is 5.91 Å². The number of anilines is 2. The zero-order valence-electron chi connectivity index (χ0n) is 17.2. The molecule has 1 unspecified atom stereocenters. The molecule has 1 amide bonds. The van der Waals surface area contributed by atoms with E-state index in [9.17, 15) is 9.59 Å². The summed E-state index contributed by atoms with van der Waals surface area (Å²) in [7, 11) is 0. The number of aromatic amines is 1. The molecule has 0 spiro atoms. The van der Waals surface area contributed by atoms with Crippen LogP contribution in [0.2, 0.25) is 0 Å². The average Bonchev–Trinajstić information content (AvgIpc) is 3.42. The molecular formula is C22H22N6O3. The van der Waals surface area contributed by atoms with Gasteiger partial charge in [-0.05, 0) is 50.2 Å². The predicted molar refractivity (Wildman–Crippen MR) is 117 cm³/mol. The van der Waals surface area contributed by atoms with E-state index in [0.717, 1.165) is 17.1 Å². The zero-order chi connectivity index (χ0) is 21.8. The van der Waals surface area contributed by atoms with Crippen LogP contribution in [0.1, 0.15) is 19.2 Å². The van der Waals surface area contributed by atoms with Gasteiger partial charge in [0.1, 0.15) is 17.6 Å². The third-order valence-corrected chi connectivity index (χ3v) is 4.75. The van der Waals surface area contributed by atoms with Gasteiger partial charge in [0.25, 0.3) is 0 Å². The lowest BCUT2D eigenvalue weighted by Crippen LogP contribution is -2.38. The Hall–Kier alpha value is -4.01. The number of rotatable bonds is 6. The number of hydrogen-bond donors (Lipinski definition) is 2. The summed E-state index contributed by atoms with van der Waals surface area (Å²) < 4.78 is 5.07. The molecule has 3 aromatic rings. The van der Waals surface area contributed by atoms with E-state index in [1.165, 1.54) is 0 Å². The van der Waals surface area contributed by atoms with Crippen molar-refractivity contribution in [3.63, 3.8) is 0 Å². The minimum Gasteiger partial charge on any atom is -0.461 e. The lowest BCUT2D eigenvalue weighted by atomic mass is 10.1. The van der Waals surface area contributed by atoms with Crippen molar-refractivity contribution < 1.29 is 14.3 Å². The van der Waals surface area contributed by atoms with Gasteiger partial charge in [0.05, 0.1) is 12.3 Å². The lowest BCUT2D eigenvalue weighted by molar-refractivity contribution is -0.135. The number of carbonyl (C=O) groups is 2. The summed E-state index contributed by atoms with van der Waals surface area (Å²) in [5, 5.41) is 15.8. The molecule has 2 aromatic carbocycles. The highest BCUT2D eigenvalue weighted by Crippen LogP contribution is 2.26. The number of hydrazone groups is 1. The number of amides is 1. The van der Waals surface area contributed by atoms with E-state index in [1.807, 2.05) is 49.4 Å². The number of aromatic nitrogens is 3. The first kappa shape index (κ1) is 20.3. The van der Waals surface area contributed by atoms with Gasteiger partial charge in [-0.25, -0.2) is 9.78 Å². The Labute approximate surface area is 179 Å². The number of nitrogens with zero attached hydrogens (tertiary/aromatic N) is 4. The summed E-state index contributed by atoms with van der Waals surface area (Å²) in [6.07, 6.45) is 0.161. The maximum Gasteiger partial charge on any atom is 0.354 e. The van der Waals surface area contributed by atoms with E-state index >= 15 is 0 Å². The highest BCUT2D eigenvalue weighted by molar-refractivity contribution is 6.38. The fourth-order valence-corrected chi connectivity index (χ4v) is 3.27. The first-order valence-electron chi connectivity index (χ1n) is 9.94. The van der Waals surface area contributed by atoms with Crippen LogP contribution in [0, 0.1) is 6.92 Å². The van der Waals surface area contributed by atoms with Gasteiger partial charge in [-0.3, -0.25) is 14.9 Å². The second-order valence-electron chi connectivity index (χ2n) is 6.98. The smallest absolute Gasteiger partial charge is 0.354 e. The van der Waals surface area contributed by atoms with Gasteiger partial charge >= 0.3 is 5.97 Å². The van der Waals surface area contributed by atoms with Crippen molar-refractivity contribution in [2.24, 2.45) is 5.10 Å². The fourth-order valence-electron chi connectivity index (χ4n) is 3.27. The van der Waals surface area contributed by atoms with Crippen molar-refractivity contribution in [1.29, 1.82) is 0 Å². The summed E-state index contributed by atoms with van der Waals surface area (Å²) in [6, 6.07) is 15.8. The Morgan fingerprint density at radius 1 is 1.16 bits per heavy atom. The Kier molecular flexibility index (Phi) is 5.74. The summed E-state index contributed by atoms with van der Waals surface area (Å²) in [6.45, 7) is 3.81. The number of H-pyrrole nitrogens is 1. The molecule has 1 aliphatic heterocycles. The van der Waals surface area contributed by atoms with Gasteiger partial charge in [-0.2, -0.15) is 10.2 Å². The Morgan fingerprint density at radius 3 is 2.55 bits per heavy atom. The van der Waals surface area contributed by atoms with Crippen molar-refractivity contribution in [3.05, 3.63) is 60.4 Å². The maximum absolute atomic E-state index is 13.1. The van der Waals surface area contributed by atoms with Gasteiger partial charge in [-0.1, -0.05) is 18.2 Å². The fraction of sp³-hybridized carbons (Fsp3) is 0.227. The van der Waals surface area contributed by atoms with Crippen LogP contribution >= 0.6 is 0 Å². The van der Waals surface area contributed by atoms with E-state index in [4.69, 9.17) is 4.74 Å². The molecule has 0 aliphatic carbocycles. The highest BCUT2D eigenvalue weighted by atomic mass is 16.5. The second kappa shape index (κ2) is 8.78. The Morgan fingerprint density at radius 2 is 1.90 bits per heavy atom. The molecule has 4 rings (SSSR count). The zero-order valence-corrected chi connectivity index (χ0v) is 17.2. The van der Waals surface area contributed by atoms with Crippen LogP contribution in [0.25, 0.3) is 11.4 Å². The van der Waals surface area contributed by atoms with Crippen LogP contribution in [-0.2, 0) is 14.3 Å². The van der Waals surface area contributed by atoms with Crippen molar-refractivity contribution >= 4 is 29.0 Å². The van der Waals surface area contributed by atoms with Crippen molar-refractivity contribution in [2.75, 3.05) is 16.9 Å². The molecule has 1 atom stereocenters. The van der Waals surface area contributed by atoms with E-state index in [0.29, 0.717) is 11.5 Å². The van der Waals surface area contributed by atoms with Crippen molar-refractivity contribution in [2.45, 2.75) is 26.3 Å². The molecule has 31 heavy (non-hydrogen) atoms. The SMILES string of the molecule is CCOC(=O)C1=NN(c2ccccc2)C(C(=O)Nc2ccc(-c3n[nH]c(C)n3)cc2)C1. The molecule has 1 aromatic heterocycles. The quantitative estimate of drug-likeness (QED) is 0.595. The largest absolute Gasteiger partial charge is 0.461 e. The van der Waals surface area contributed by atoms with E-state index in [1.54, 1.807) is 24.1 Å². The number of aryl methyl sites for hydroxylation is 1. The summed E-state index contributed by atoms with van der Waals surface area (Å²) in [4.78, 5) is 29.6. The minimum absolute atomic E-state index is 0.161. The Bertz CT molecular complexity index is 1110. The molecule has 2 N–H and O–H groups in total. The number of ether oxygens (including phenoxy) is 1. The molecule has 158 valence electrons. The lowest BCUT2D eigenvalue weighted by Gasteiger charge is -2.22. The normalized spacial score (nSPS) is 15.5. The van der Waals surface area contributed by atoms with Gasteiger partial charge in [-0.15, -0.1) is 0 Å². The number of para-hydroxylation sites is 1. The number of benzene rings is 2. The van der Waals surface area contributed by atoms with Crippen molar-refractivity contribution in [3.8, 4) is 11.4 Å². The predicted octanol–water partition coefficient (Wildman–Crippen LogP) is 2.92. The van der Waals surface area contributed by atoms with Gasteiger partial charge in [0, 0.05) is 17.7 Å². The summed E-state index contributed by atoms with van der Waals surface area (Å²) in [5.41, 5.74) is 2.40. The molecule has 0 bridgehead atoms. The summed E-state index contributed by atoms with van der Waals surface area (Å²) in [5.74, 6) is 0.541. The number of esters is 1. The molecule has 0 radical (unpaired) electrons. The standard InChI is InChI=1S/C22H22N6O3/c1-3-31-22(30)18-13-19(28(27-18)17-7-5-4-6-8-17)21(29)24-16-11-9-15(10-12-16)20-23-14(2)25-26-20/h4-12,19H,3,13H2,1-2H3,(H,24,29)(H,23,25,26). The topological polar surface area (TPSA) is 113 Å². The molecule has 0 saturated carbocycles. The van der Waals surface area contributed by atoms with Crippen LogP contribution in [0.5, 0.6) is 0 Å². The molecule has 0 saturated heterocycles. The molecular weight excluding hydrogens is 396 g/mol. The molecule has 1 aliphatic rings. The van der Waals surface area contributed by atoms with Crippen LogP contribution in [0.4, 0.5) is 11.4 Å². The van der Waals surface area contributed by atoms with Crippen LogP contribution in [0.15, 0.2) is 59.7 Å². The molecule has 9 heteroatoms. The highest BCUT2D eigenvalue weighted by Gasteiger charge is 2.36. The molecule has 2 heterocycles. The van der Waals surface area contributed by atoms with E-state index in [2.05, 4.69) is 25.6 Å². The third kappa shape index (κ3) is 4.45. The average molecular weight is 418 g/mol. The second-order valence-corrected chi connectivity index (χ2v) is 6.98. The van der Waals surface area contributed by atoms with Crippen LogP contribution < -0.4 is 10.3 Å². The first-order chi connectivity index (χ1) is 15.0. The third-order valence-electron chi connectivity index (χ3n) is 4.75. The van der Waals surface area contributed by atoms with Gasteiger partial charge < -0.3 is 10.1 Å². The van der Waals surface area contributed by atoms with Crippen LogP contribution in [0.3, 0.4) is 0 Å². The first-order valence-corrected chi connectivity index (χ1v) is 9.94. The maximum atomic E-state index is 13.1. The van der Waals surface area contributed by atoms with E-state index < -0.39 is 12.0 Å². The monoisotopic (exact) mass is 418 g/mol. The minimum atomic E-state index is -0.669. The van der Waals surface area contributed by atoms with Gasteiger partial charge in [0.15, 0.2) is 5.82 Å². The van der Waals surface area contributed by atoms with E-state index in [-0.39, 0.29) is 24.6 Å². The number of carbonyl (C=O) groups excluding carboxylic acids is 2. The number of hydrogen-bond acceptors (Lipinski definition) is 7. The van der Waals surface area contributed by atoms with Crippen molar-refractivity contribution in [1.82, 2.24) is 15.2 Å².